The van der Waals surface area contributed by atoms with Crippen LogP contribution in [0.4, 0.5) is 0 Å². The molecule has 0 bridgehead atoms. The van der Waals surface area contributed by atoms with Gasteiger partial charge < -0.3 is 15.5 Å². The van der Waals surface area contributed by atoms with Crippen molar-refractivity contribution in [3.05, 3.63) is 34.3 Å². The van der Waals surface area contributed by atoms with Crippen molar-refractivity contribution in [3.8, 4) is 0 Å². The Bertz CT molecular complexity index is 509. The maximum absolute atomic E-state index is 12.0. The molecule has 1 aliphatic heterocycles. The molecule has 0 radical (unpaired) electrons. The van der Waals surface area contributed by atoms with Gasteiger partial charge in [-0.25, -0.2) is 0 Å². The van der Waals surface area contributed by atoms with Crippen LogP contribution in [0.15, 0.2) is 33.7 Å². The van der Waals surface area contributed by atoms with Crippen LogP contribution in [0.2, 0.25) is 0 Å². The Morgan fingerprint density at radius 1 is 1.23 bits per heavy atom. The summed E-state index contributed by atoms with van der Waals surface area (Å²) in [5, 5.41) is 6.21. The van der Waals surface area contributed by atoms with Crippen molar-refractivity contribution in [1.82, 2.24) is 15.5 Å². The second-order valence-corrected chi connectivity index (χ2v) is 6.11. The van der Waals surface area contributed by atoms with E-state index in [4.69, 9.17) is 0 Å². The molecule has 1 amide bonds. The zero-order valence-corrected chi connectivity index (χ0v) is 14.5. The quantitative estimate of drug-likeness (QED) is 0.477. The molecule has 2 N–H and O–H groups in total. The number of carbonyl (C=O) groups is 1. The Hall–Kier alpha value is -1.56. The summed E-state index contributed by atoms with van der Waals surface area (Å²) in [6, 6.07) is 7.33. The van der Waals surface area contributed by atoms with Gasteiger partial charge in [-0.15, -0.1) is 0 Å². The summed E-state index contributed by atoms with van der Waals surface area (Å²) in [5.41, 5.74) is 0.665. The maximum Gasteiger partial charge on any atom is 0.251 e. The van der Waals surface area contributed by atoms with Gasteiger partial charge in [-0.05, 0) is 44.0 Å². The Kier molecular flexibility index (Phi) is 6.71. The third-order valence-corrected chi connectivity index (χ3v) is 4.03. The average molecular weight is 367 g/mol. The predicted octanol–water partition coefficient (Wildman–Crippen LogP) is 2.24. The number of halogens is 1. The highest BCUT2D eigenvalue weighted by atomic mass is 79.9. The van der Waals surface area contributed by atoms with Gasteiger partial charge in [0.05, 0.1) is 6.54 Å². The van der Waals surface area contributed by atoms with Crippen LogP contribution in [-0.4, -0.2) is 49.5 Å². The monoisotopic (exact) mass is 366 g/mol. The van der Waals surface area contributed by atoms with Gasteiger partial charge in [0.2, 0.25) is 0 Å². The van der Waals surface area contributed by atoms with Crippen LogP contribution in [0, 0.1) is 0 Å². The van der Waals surface area contributed by atoms with Crippen molar-refractivity contribution < 1.29 is 4.79 Å². The highest BCUT2D eigenvalue weighted by molar-refractivity contribution is 9.10. The number of hydrogen-bond acceptors (Lipinski definition) is 2. The third-order valence-electron chi connectivity index (χ3n) is 3.51. The Balaban J connectivity index is 1.79. The van der Waals surface area contributed by atoms with Crippen molar-refractivity contribution in [2.75, 3.05) is 32.7 Å². The van der Waals surface area contributed by atoms with E-state index in [2.05, 4.69) is 43.4 Å². The van der Waals surface area contributed by atoms with Gasteiger partial charge in [0.25, 0.3) is 5.91 Å². The van der Waals surface area contributed by atoms with Crippen LogP contribution >= 0.6 is 15.9 Å². The minimum Gasteiger partial charge on any atom is -0.357 e. The van der Waals surface area contributed by atoms with Crippen LogP contribution in [-0.2, 0) is 0 Å². The fourth-order valence-electron chi connectivity index (χ4n) is 2.39. The van der Waals surface area contributed by atoms with E-state index in [0.29, 0.717) is 18.7 Å². The first-order valence-electron chi connectivity index (χ1n) is 7.77. The van der Waals surface area contributed by atoms with Crippen molar-refractivity contribution >= 4 is 27.8 Å². The van der Waals surface area contributed by atoms with Crippen LogP contribution in [0.25, 0.3) is 0 Å². The van der Waals surface area contributed by atoms with Gasteiger partial charge in [0, 0.05) is 36.2 Å². The molecule has 5 nitrogen and oxygen atoms in total. The summed E-state index contributed by atoms with van der Waals surface area (Å²) in [6.45, 7) is 6.19. The number of likely N-dealkylation sites (tertiary alicyclic amines) is 1. The zero-order valence-electron chi connectivity index (χ0n) is 12.9. The van der Waals surface area contributed by atoms with Crippen molar-refractivity contribution in [1.29, 1.82) is 0 Å². The number of carbonyl (C=O) groups excluding carboxylic acids is 1. The van der Waals surface area contributed by atoms with E-state index in [9.17, 15) is 4.79 Å². The van der Waals surface area contributed by atoms with E-state index in [0.717, 1.165) is 30.1 Å². The van der Waals surface area contributed by atoms with Crippen molar-refractivity contribution in [2.24, 2.45) is 4.99 Å². The zero-order chi connectivity index (χ0) is 15.8. The van der Waals surface area contributed by atoms with Crippen LogP contribution in [0.3, 0.4) is 0 Å². The number of hydrogen-bond donors (Lipinski definition) is 2. The highest BCUT2D eigenvalue weighted by Gasteiger charge is 2.15. The summed E-state index contributed by atoms with van der Waals surface area (Å²) in [6.07, 6.45) is 2.45. The fourth-order valence-corrected chi connectivity index (χ4v) is 2.65. The predicted molar refractivity (Wildman–Crippen MR) is 93.3 cm³/mol. The molecular weight excluding hydrogens is 344 g/mol. The largest absolute Gasteiger partial charge is 0.357 e. The smallest absolute Gasteiger partial charge is 0.251 e. The normalized spacial score (nSPS) is 15.0. The SMILES string of the molecule is CCNC(=NCCNC(=O)c1ccc(Br)cc1)N1CCCC1. The van der Waals surface area contributed by atoms with Crippen molar-refractivity contribution in [3.63, 3.8) is 0 Å². The van der Waals surface area contributed by atoms with Crippen molar-refractivity contribution in [2.45, 2.75) is 19.8 Å². The summed E-state index contributed by atoms with van der Waals surface area (Å²) < 4.78 is 0.967. The molecule has 0 aromatic heterocycles. The van der Waals surface area contributed by atoms with Gasteiger partial charge in [-0.3, -0.25) is 9.79 Å². The summed E-state index contributed by atoms with van der Waals surface area (Å²) in [4.78, 5) is 18.8. The van der Waals surface area contributed by atoms with E-state index in [1.807, 2.05) is 12.1 Å². The van der Waals surface area contributed by atoms with Crippen LogP contribution in [0.5, 0.6) is 0 Å². The molecule has 0 unspecified atom stereocenters. The molecule has 22 heavy (non-hydrogen) atoms. The number of nitrogens with one attached hydrogen (secondary N) is 2. The molecule has 1 heterocycles. The van der Waals surface area contributed by atoms with Crippen LogP contribution in [0.1, 0.15) is 30.1 Å². The summed E-state index contributed by atoms with van der Waals surface area (Å²) in [5.74, 6) is 0.895. The van der Waals surface area contributed by atoms with Gasteiger partial charge in [-0.2, -0.15) is 0 Å². The minimum absolute atomic E-state index is 0.0612. The van der Waals surface area contributed by atoms with E-state index >= 15 is 0 Å². The molecule has 1 aromatic carbocycles. The van der Waals surface area contributed by atoms with E-state index in [-0.39, 0.29) is 5.91 Å². The molecule has 1 saturated heterocycles. The lowest BCUT2D eigenvalue weighted by atomic mass is 10.2. The molecular formula is C16H23BrN4O. The number of rotatable bonds is 5. The van der Waals surface area contributed by atoms with Gasteiger partial charge >= 0.3 is 0 Å². The molecule has 0 atom stereocenters. The maximum atomic E-state index is 12.0. The van der Waals surface area contributed by atoms with Gasteiger partial charge in [-0.1, -0.05) is 15.9 Å². The third kappa shape index (κ3) is 5.02. The molecule has 0 saturated carbocycles. The average Bonchev–Trinajstić information content (AvgIpc) is 3.05. The van der Waals surface area contributed by atoms with E-state index in [1.54, 1.807) is 12.1 Å². The Morgan fingerprint density at radius 2 is 1.91 bits per heavy atom. The first-order valence-corrected chi connectivity index (χ1v) is 8.57. The number of amides is 1. The number of benzene rings is 1. The standard InChI is InChI=1S/C16H23BrN4O/c1-2-18-16(21-11-3-4-12-21)20-10-9-19-15(22)13-5-7-14(17)8-6-13/h5-8H,2-4,9-12H2,1H3,(H,18,20)(H,19,22). The first-order chi connectivity index (χ1) is 10.7. The Labute approximate surface area is 140 Å². The molecule has 0 spiro atoms. The number of guanidine groups is 1. The lowest BCUT2D eigenvalue weighted by molar-refractivity contribution is 0.0955. The number of aliphatic imine (C=N–C) groups is 1. The molecule has 6 heteroatoms. The van der Waals surface area contributed by atoms with Gasteiger partial charge in [0.1, 0.15) is 0 Å². The second kappa shape index (κ2) is 8.78. The minimum atomic E-state index is -0.0612. The van der Waals surface area contributed by atoms with Crippen LogP contribution < -0.4 is 10.6 Å². The molecule has 2 rings (SSSR count). The first kappa shape index (κ1) is 16.8. The number of nitrogens with zero attached hydrogens (tertiary/aromatic N) is 2. The van der Waals surface area contributed by atoms with E-state index < -0.39 is 0 Å². The lowest BCUT2D eigenvalue weighted by Gasteiger charge is -2.20. The summed E-state index contributed by atoms with van der Waals surface area (Å²) >= 11 is 3.36. The molecule has 1 aliphatic rings. The lowest BCUT2D eigenvalue weighted by Crippen LogP contribution is -2.40. The molecule has 120 valence electrons. The second-order valence-electron chi connectivity index (χ2n) is 5.19. The fraction of sp³-hybridized carbons (Fsp3) is 0.500. The Morgan fingerprint density at radius 3 is 2.55 bits per heavy atom. The van der Waals surface area contributed by atoms with E-state index in [1.165, 1.54) is 12.8 Å². The molecule has 0 aliphatic carbocycles. The van der Waals surface area contributed by atoms with Gasteiger partial charge in [0.15, 0.2) is 5.96 Å². The molecule has 1 aromatic rings. The topological polar surface area (TPSA) is 56.7 Å². The highest BCUT2D eigenvalue weighted by Crippen LogP contribution is 2.10. The summed E-state index contributed by atoms with van der Waals surface area (Å²) in [7, 11) is 0. The molecule has 1 fully saturated rings.